The summed E-state index contributed by atoms with van der Waals surface area (Å²) < 4.78 is 20.9. The summed E-state index contributed by atoms with van der Waals surface area (Å²) in [5.74, 6) is 0. The van der Waals surface area contributed by atoms with Crippen LogP contribution in [0.3, 0.4) is 0 Å². The van der Waals surface area contributed by atoms with E-state index in [1.54, 1.807) is 14.2 Å². The summed E-state index contributed by atoms with van der Waals surface area (Å²) in [4.78, 5) is 0. The Kier molecular flexibility index (Phi) is 4.34. The van der Waals surface area contributed by atoms with Crippen LogP contribution in [0.5, 0.6) is 0 Å². The molecule has 1 fully saturated rings. The van der Waals surface area contributed by atoms with Gasteiger partial charge in [-0.15, -0.1) is 0 Å². The highest BCUT2D eigenvalue weighted by Crippen LogP contribution is 2.13. The fourth-order valence-corrected chi connectivity index (χ4v) is 1.13. The van der Waals surface area contributed by atoms with Crippen molar-refractivity contribution in [2.24, 2.45) is 0 Å². The summed E-state index contributed by atoms with van der Waals surface area (Å²) >= 11 is 0. The molecule has 0 saturated carbocycles. The van der Waals surface area contributed by atoms with Crippen LogP contribution in [0.25, 0.3) is 0 Å². The fourth-order valence-electron chi connectivity index (χ4n) is 0.924. The first-order chi connectivity index (χ1) is 6.20. The van der Waals surface area contributed by atoms with Gasteiger partial charge in [0.15, 0.2) is 0 Å². The molecule has 1 rings (SSSR count). The maximum atomic E-state index is 5.39. The van der Waals surface area contributed by atoms with Gasteiger partial charge in [-0.2, -0.15) is 0 Å². The fraction of sp³-hybridized carbons (Fsp3) is 1.00. The van der Waals surface area contributed by atoms with Gasteiger partial charge in [-0.3, -0.25) is 0 Å². The van der Waals surface area contributed by atoms with Gasteiger partial charge in [0.2, 0.25) is 0 Å². The van der Waals surface area contributed by atoms with Crippen LogP contribution in [0.15, 0.2) is 0 Å². The Bertz CT molecular complexity index is 145. The second kappa shape index (κ2) is 5.07. The van der Waals surface area contributed by atoms with Crippen LogP contribution in [-0.2, 0) is 18.9 Å². The molecule has 1 unspecified atom stereocenters. The van der Waals surface area contributed by atoms with Gasteiger partial charge in [0, 0.05) is 20.6 Å². The van der Waals surface area contributed by atoms with Gasteiger partial charge >= 0.3 is 0 Å². The zero-order chi connectivity index (χ0) is 9.73. The topological polar surface area (TPSA) is 40.2 Å². The number of epoxide rings is 1. The monoisotopic (exact) mass is 206 g/mol. The normalized spacial score (nSPS) is 22.2. The lowest BCUT2D eigenvalue weighted by Crippen LogP contribution is -2.35. The SMILES string of the molecule is COC([SiH3])(CCOCC1CO1)OC. The van der Waals surface area contributed by atoms with Crippen LogP contribution in [0.2, 0.25) is 0 Å². The molecule has 4 nitrogen and oxygen atoms in total. The van der Waals surface area contributed by atoms with Gasteiger partial charge in [0.25, 0.3) is 0 Å². The van der Waals surface area contributed by atoms with E-state index in [4.69, 9.17) is 18.9 Å². The molecule has 0 aliphatic carbocycles. The van der Waals surface area contributed by atoms with Crippen molar-refractivity contribution in [2.45, 2.75) is 17.9 Å². The zero-order valence-corrected chi connectivity index (χ0v) is 10.5. The minimum atomic E-state index is -0.385. The van der Waals surface area contributed by atoms with Gasteiger partial charge < -0.3 is 18.9 Å². The molecule has 0 spiro atoms. The molecule has 0 radical (unpaired) electrons. The first kappa shape index (κ1) is 11.1. The molecule has 1 atom stereocenters. The molecular formula is C8H18O4Si. The summed E-state index contributed by atoms with van der Waals surface area (Å²) in [6.07, 6.45) is 1.13. The number of hydrogen-bond acceptors (Lipinski definition) is 4. The molecule has 0 aromatic carbocycles. The van der Waals surface area contributed by atoms with E-state index in [1.807, 2.05) is 0 Å². The number of methoxy groups -OCH3 is 2. The molecule has 0 amide bonds. The lowest BCUT2D eigenvalue weighted by molar-refractivity contribution is -0.153. The second-order valence-corrected chi connectivity index (χ2v) is 4.85. The van der Waals surface area contributed by atoms with Crippen molar-refractivity contribution in [3.63, 3.8) is 0 Å². The molecule has 0 aromatic heterocycles. The lowest BCUT2D eigenvalue weighted by atomic mass is 10.4. The van der Waals surface area contributed by atoms with Crippen LogP contribution in [0.1, 0.15) is 6.42 Å². The van der Waals surface area contributed by atoms with Gasteiger partial charge in [-0.05, 0) is 0 Å². The Balaban J connectivity index is 2.01. The van der Waals surface area contributed by atoms with Crippen molar-refractivity contribution < 1.29 is 18.9 Å². The minimum absolute atomic E-state index is 0.341. The second-order valence-electron chi connectivity index (χ2n) is 3.32. The molecule has 0 N–H and O–H groups in total. The third-order valence-electron chi connectivity index (χ3n) is 2.27. The van der Waals surface area contributed by atoms with Crippen molar-refractivity contribution in [1.29, 1.82) is 0 Å². The standard InChI is InChI=1S/C8H18O4Si/c1-9-8(13,10-2)3-4-11-5-7-6-12-7/h7H,3-6H2,1-2,13H3. The summed E-state index contributed by atoms with van der Waals surface area (Å²) in [5.41, 5.74) is -0.385. The van der Waals surface area contributed by atoms with Crippen LogP contribution in [-0.4, -0.2) is 55.8 Å². The van der Waals surface area contributed by atoms with E-state index in [9.17, 15) is 0 Å². The van der Waals surface area contributed by atoms with E-state index in [2.05, 4.69) is 0 Å². The van der Waals surface area contributed by atoms with Crippen molar-refractivity contribution in [1.82, 2.24) is 0 Å². The average molecular weight is 206 g/mol. The highest BCUT2D eigenvalue weighted by molar-refractivity contribution is 6.13. The Morgan fingerprint density at radius 1 is 1.46 bits per heavy atom. The highest BCUT2D eigenvalue weighted by atomic mass is 28.1. The first-order valence-electron chi connectivity index (χ1n) is 4.50. The quantitative estimate of drug-likeness (QED) is 0.234. The molecule has 0 aromatic rings. The van der Waals surface area contributed by atoms with Crippen LogP contribution >= 0.6 is 0 Å². The predicted octanol–water partition coefficient (Wildman–Crippen LogP) is -0.896. The molecule has 1 aliphatic heterocycles. The van der Waals surface area contributed by atoms with Gasteiger partial charge in [-0.25, -0.2) is 0 Å². The van der Waals surface area contributed by atoms with Gasteiger partial charge in [0.1, 0.15) is 11.5 Å². The molecule has 1 aliphatic rings. The van der Waals surface area contributed by atoms with Gasteiger partial charge in [-0.1, -0.05) is 0 Å². The van der Waals surface area contributed by atoms with E-state index in [1.165, 1.54) is 0 Å². The maximum Gasteiger partial charge on any atom is 0.143 e. The Labute approximate surface area is 81.9 Å². The maximum absolute atomic E-state index is 5.39. The summed E-state index contributed by atoms with van der Waals surface area (Å²) in [5, 5.41) is 0. The van der Waals surface area contributed by atoms with Crippen molar-refractivity contribution >= 4 is 10.2 Å². The van der Waals surface area contributed by atoms with Crippen LogP contribution < -0.4 is 0 Å². The van der Waals surface area contributed by atoms with Gasteiger partial charge in [0.05, 0.1) is 30.1 Å². The third kappa shape index (κ3) is 4.19. The summed E-state index contributed by atoms with van der Waals surface area (Å²) in [6, 6.07) is 0. The van der Waals surface area contributed by atoms with E-state index in [-0.39, 0.29) is 5.41 Å². The number of rotatable bonds is 7. The molecule has 1 saturated heterocycles. The zero-order valence-electron chi connectivity index (χ0n) is 8.54. The summed E-state index contributed by atoms with van der Waals surface area (Å²) in [7, 11) is 4.18. The third-order valence-corrected chi connectivity index (χ3v) is 3.59. The first-order valence-corrected chi connectivity index (χ1v) is 5.50. The van der Waals surface area contributed by atoms with E-state index >= 15 is 0 Å². The molecular weight excluding hydrogens is 188 g/mol. The largest absolute Gasteiger partial charge is 0.378 e. The highest BCUT2D eigenvalue weighted by Gasteiger charge is 2.24. The van der Waals surface area contributed by atoms with E-state index < -0.39 is 0 Å². The average Bonchev–Trinajstić information content (AvgIpc) is 2.96. The van der Waals surface area contributed by atoms with E-state index in [0.29, 0.717) is 19.3 Å². The Morgan fingerprint density at radius 3 is 2.54 bits per heavy atom. The molecule has 1 heterocycles. The molecule has 5 heteroatoms. The summed E-state index contributed by atoms with van der Waals surface area (Å²) in [6.45, 7) is 2.22. The minimum Gasteiger partial charge on any atom is -0.378 e. The predicted molar refractivity (Wildman–Crippen MR) is 51.9 cm³/mol. The molecule has 13 heavy (non-hydrogen) atoms. The molecule has 0 bridgehead atoms. The smallest absolute Gasteiger partial charge is 0.143 e. The number of ether oxygens (including phenoxy) is 4. The van der Waals surface area contributed by atoms with Crippen LogP contribution in [0, 0.1) is 0 Å². The van der Waals surface area contributed by atoms with Crippen LogP contribution in [0.4, 0.5) is 0 Å². The Morgan fingerprint density at radius 2 is 2.08 bits per heavy atom. The van der Waals surface area contributed by atoms with Crippen molar-refractivity contribution in [3.8, 4) is 0 Å². The van der Waals surface area contributed by atoms with Crippen molar-refractivity contribution in [2.75, 3.05) is 34.0 Å². The Hall–Kier alpha value is 0.0569. The lowest BCUT2D eigenvalue weighted by Gasteiger charge is -2.26. The van der Waals surface area contributed by atoms with Crippen molar-refractivity contribution in [3.05, 3.63) is 0 Å². The molecule has 78 valence electrons. The van der Waals surface area contributed by atoms with E-state index in [0.717, 1.165) is 23.3 Å². The number of hydrogen-bond donors (Lipinski definition) is 0.